The quantitative estimate of drug-likeness (QED) is 0.863. The number of nitrogen functional groups attached to an aromatic ring is 1. The van der Waals surface area contributed by atoms with Gasteiger partial charge in [0.1, 0.15) is 5.69 Å². The second kappa shape index (κ2) is 10.0. The molecule has 0 radical (unpaired) electrons. The first-order valence-electron chi connectivity index (χ1n) is 6.78. The van der Waals surface area contributed by atoms with Crippen molar-refractivity contribution in [2.75, 3.05) is 26.4 Å². The van der Waals surface area contributed by atoms with E-state index < -0.39 is 0 Å². The number of anilines is 1. The zero-order valence-corrected chi connectivity index (χ0v) is 14.7. The Hall–Kier alpha value is -1.82. The summed E-state index contributed by atoms with van der Waals surface area (Å²) in [6, 6.07) is 13.1. The zero-order valence-electron chi connectivity index (χ0n) is 13.1. The number of hydrogen-bond donors (Lipinski definition) is 2. The molecule has 5 nitrogen and oxygen atoms in total. The number of hydrogen-bond acceptors (Lipinski definition) is 4. The van der Waals surface area contributed by atoms with Gasteiger partial charge in [0.05, 0.1) is 17.9 Å². The predicted octanol–water partition coefficient (Wildman–Crippen LogP) is 2.54. The van der Waals surface area contributed by atoms with Gasteiger partial charge in [-0.05, 0) is 31.8 Å². The van der Waals surface area contributed by atoms with Crippen molar-refractivity contribution in [2.24, 2.45) is 0 Å². The Morgan fingerprint density at radius 1 is 1.17 bits per heavy atom. The summed E-state index contributed by atoms with van der Waals surface area (Å²) < 4.78 is 0. The van der Waals surface area contributed by atoms with E-state index in [0.29, 0.717) is 17.9 Å². The number of amides is 1. The summed E-state index contributed by atoms with van der Waals surface area (Å²) in [5, 5.41) is 3.02. The Balaban J connectivity index is 0.00000242. The normalized spacial score (nSPS) is 11.1. The van der Waals surface area contributed by atoms with Gasteiger partial charge < -0.3 is 16.0 Å². The number of halogens is 2. The maximum atomic E-state index is 12.3. The lowest BCUT2D eigenvalue weighted by atomic mass is 10.1. The lowest BCUT2D eigenvalue weighted by Gasteiger charge is -2.22. The van der Waals surface area contributed by atoms with Crippen LogP contribution in [0.25, 0.3) is 0 Å². The molecule has 2 aromatic rings. The molecule has 1 unspecified atom stereocenters. The molecule has 0 bridgehead atoms. The number of benzene rings is 1. The number of carbonyl (C=O) groups excluding carboxylic acids is 1. The molecule has 0 saturated heterocycles. The van der Waals surface area contributed by atoms with Gasteiger partial charge in [0, 0.05) is 6.54 Å². The topological polar surface area (TPSA) is 71.2 Å². The van der Waals surface area contributed by atoms with Crippen molar-refractivity contribution in [3.05, 3.63) is 59.9 Å². The lowest BCUT2D eigenvalue weighted by molar-refractivity contribution is 0.0925. The predicted molar refractivity (Wildman–Crippen MR) is 98.3 cm³/mol. The SMILES string of the molecule is CN(C)CC(NC(=O)c1ccc(N)cn1)c1ccccc1.Cl.Cl. The van der Waals surface area contributed by atoms with Gasteiger partial charge in [-0.3, -0.25) is 4.79 Å². The van der Waals surface area contributed by atoms with E-state index in [-0.39, 0.29) is 36.8 Å². The maximum Gasteiger partial charge on any atom is 0.270 e. The Kier molecular flexibility index (Phi) is 9.25. The summed E-state index contributed by atoms with van der Waals surface area (Å²) in [6.45, 7) is 0.713. The van der Waals surface area contributed by atoms with Crippen LogP contribution in [0.15, 0.2) is 48.7 Å². The molecule has 0 aliphatic carbocycles. The van der Waals surface area contributed by atoms with E-state index in [1.165, 1.54) is 6.20 Å². The van der Waals surface area contributed by atoms with Gasteiger partial charge in [-0.25, -0.2) is 4.98 Å². The molecule has 1 aromatic carbocycles. The van der Waals surface area contributed by atoms with Gasteiger partial charge in [0.2, 0.25) is 0 Å². The maximum absolute atomic E-state index is 12.3. The summed E-state index contributed by atoms with van der Waals surface area (Å²) in [7, 11) is 3.95. The highest BCUT2D eigenvalue weighted by atomic mass is 35.5. The van der Waals surface area contributed by atoms with E-state index in [1.54, 1.807) is 12.1 Å². The summed E-state index contributed by atoms with van der Waals surface area (Å²) in [5.74, 6) is -0.203. The molecule has 0 aliphatic heterocycles. The van der Waals surface area contributed by atoms with Crippen LogP contribution in [0.2, 0.25) is 0 Å². The first kappa shape index (κ1) is 21.2. The Morgan fingerprint density at radius 3 is 2.35 bits per heavy atom. The minimum atomic E-state index is -0.203. The van der Waals surface area contributed by atoms with Gasteiger partial charge in [-0.15, -0.1) is 24.8 Å². The third-order valence-electron chi connectivity index (χ3n) is 3.07. The Bertz CT molecular complexity index is 591. The third kappa shape index (κ3) is 6.44. The molecule has 126 valence electrons. The number of nitrogens with one attached hydrogen (secondary N) is 1. The van der Waals surface area contributed by atoms with Gasteiger partial charge in [0.25, 0.3) is 5.91 Å². The first-order chi connectivity index (χ1) is 10.1. The van der Waals surface area contributed by atoms with Crippen LogP contribution >= 0.6 is 24.8 Å². The van der Waals surface area contributed by atoms with E-state index >= 15 is 0 Å². The fourth-order valence-corrected chi connectivity index (χ4v) is 2.06. The number of pyridine rings is 1. The highest BCUT2D eigenvalue weighted by molar-refractivity contribution is 5.92. The van der Waals surface area contributed by atoms with Crippen LogP contribution in [0.3, 0.4) is 0 Å². The number of likely N-dealkylation sites (N-methyl/N-ethyl adjacent to an activating group) is 1. The number of nitrogens with zero attached hydrogens (tertiary/aromatic N) is 2. The Labute approximate surface area is 149 Å². The van der Waals surface area contributed by atoms with Crippen LogP contribution in [0.5, 0.6) is 0 Å². The van der Waals surface area contributed by atoms with Gasteiger partial charge in [0.15, 0.2) is 0 Å². The molecular weight excluding hydrogens is 335 g/mol. The molecule has 23 heavy (non-hydrogen) atoms. The molecule has 3 N–H and O–H groups in total. The molecule has 1 atom stereocenters. The van der Waals surface area contributed by atoms with Gasteiger partial charge >= 0.3 is 0 Å². The molecule has 1 heterocycles. The van der Waals surface area contributed by atoms with Crippen molar-refractivity contribution < 1.29 is 4.79 Å². The van der Waals surface area contributed by atoms with Crippen molar-refractivity contribution in [3.8, 4) is 0 Å². The second-order valence-electron chi connectivity index (χ2n) is 5.18. The number of rotatable bonds is 5. The average Bonchev–Trinajstić information content (AvgIpc) is 2.47. The van der Waals surface area contributed by atoms with E-state index in [9.17, 15) is 4.79 Å². The smallest absolute Gasteiger partial charge is 0.270 e. The molecule has 2 rings (SSSR count). The monoisotopic (exact) mass is 356 g/mol. The average molecular weight is 357 g/mol. The third-order valence-corrected chi connectivity index (χ3v) is 3.07. The minimum Gasteiger partial charge on any atom is -0.397 e. The van der Waals surface area contributed by atoms with E-state index in [2.05, 4.69) is 10.3 Å². The van der Waals surface area contributed by atoms with E-state index in [4.69, 9.17) is 5.73 Å². The van der Waals surface area contributed by atoms with Crippen molar-refractivity contribution in [1.29, 1.82) is 0 Å². The van der Waals surface area contributed by atoms with Crippen LogP contribution in [-0.4, -0.2) is 36.4 Å². The van der Waals surface area contributed by atoms with Gasteiger partial charge in [-0.1, -0.05) is 30.3 Å². The molecule has 7 heteroatoms. The first-order valence-corrected chi connectivity index (χ1v) is 6.78. The highest BCUT2D eigenvalue weighted by Crippen LogP contribution is 2.14. The van der Waals surface area contributed by atoms with Crippen molar-refractivity contribution in [1.82, 2.24) is 15.2 Å². The van der Waals surface area contributed by atoms with Crippen molar-refractivity contribution >= 4 is 36.4 Å². The lowest BCUT2D eigenvalue weighted by Crippen LogP contribution is -2.35. The Morgan fingerprint density at radius 2 is 1.83 bits per heavy atom. The second-order valence-corrected chi connectivity index (χ2v) is 5.18. The summed E-state index contributed by atoms with van der Waals surface area (Å²) in [4.78, 5) is 18.4. The summed E-state index contributed by atoms with van der Waals surface area (Å²) >= 11 is 0. The van der Waals surface area contributed by atoms with Crippen LogP contribution in [0.1, 0.15) is 22.1 Å². The van der Waals surface area contributed by atoms with E-state index in [0.717, 1.165) is 5.56 Å². The molecule has 0 fully saturated rings. The van der Waals surface area contributed by atoms with Crippen LogP contribution in [0, 0.1) is 0 Å². The molecule has 1 amide bonds. The largest absolute Gasteiger partial charge is 0.397 e. The number of carbonyl (C=O) groups is 1. The standard InChI is InChI=1S/C16H20N4O.2ClH/c1-20(2)11-15(12-6-4-3-5-7-12)19-16(21)14-9-8-13(17)10-18-14;;/h3-10,15H,11,17H2,1-2H3,(H,19,21);2*1H. The summed E-state index contributed by atoms with van der Waals surface area (Å²) in [6.07, 6.45) is 1.48. The molecule has 0 spiro atoms. The van der Waals surface area contributed by atoms with Crippen LogP contribution in [0.4, 0.5) is 5.69 Å². The fraction of sp³-hybridized carbons (Fsp3) is 0.250. The number of aromatic nitrogens is 1. The summed E-state index contributed by atoms with van der Waals surface area (Å²) in [5.41, 5.74) is 7.55. The van der Waals surface area contributed by atoms with Crippen LogP contribution < -0.4 is 11.1 Å². The molecule has 0 aliphatic rings. The fourth-order valence-electron chi connectivity index (χ4n) is 2.06. The van der Waals surface area contributed by atoms with E-state index in [1.807, 2.05) is 49.3 Å². The highest BCUT2D eigenvalue weighted by Gasteiger charge is 2.17. The van der Waals surface area contributed by atoms with Crippen molar-refractivity contribution in [3.63, 3.8) is 0 Å². The van der Waals surface area contributed by atoms with Gasteiger partial charge in [-0.2, -0.15) is 0 Å². The zero-order chi connectivity index (χ0) is 15.2. The molecule has 0 saturated carbocycles. The minimum absolute atomic E-state index is 0. The molecule has 1 aromatic heterocycles. The van der Waals surface area contributed by atoms with Crippen LogP contribution in [-0.2, 0) is 0 Å². The molecular formula is C16H22Cl2N4O. The van der Waals surface area contributed by atoms with Crippen molar-refractivity contribution in [2.45, 2.75) is 6.04 Å². The number of nitrogens with two attached hydrogens (primary N) is 1.